The van der Waals surface area contributed by atoms with Crippen molar-refractivity contribution in [2.45, 2.75) is 30.2 Å². The molecule has 1 aromatic carbocycles. The quantitative estimate of drug-likeness (QED) is 0.715. The summed E-state index contributed by atoms with van der Waals surface area (Å²) in [5.41, 5.74) is 11.4. The minimum Gasteiger partial charge on any atom is -0.370 e. The average Bonchev–Trinajstić information content (AvgIpc) is 2.59. The monoisotopic (exact) mass is 368 g/mol. The molecule has 4 N–H and O–H groups in total. The Labute approximate surface area is 147 Å². The van der Waals surface area contributed by atoms with Gasteiger partial charge in [-0.15, -0.1) is 0 Å². The topological polar surface area (TPSA) is 127 Å². The number of benzene rings is 1. The lowest BCUT2D eigenvalue weighted by atomic mass is 10.1. The summed E-state index contributed by atoms with van der Waals surface area (Å²) in [6.07, 6.45) is 1.71. The van der Waals surface area contributed by atoms with Gasteiger partial charge in [-0.25, -0.2) is 12.7 Å². The van der Waals surface area contributed by atoms with E-state index >= 15 is 0 Å². The van der Waals surface area contributed by atoms with Crippen molar-refractivity contribution in [3.63, 3.8) is 0 Å². The summed E-state index contributed by atoms with van der Waals surface area (Å²) in [5.74, 6) is -0.719. The average molecular weight is 368 g/mol. The Morgan fingerprint density at radius 2 is 1.92 bits per heavy atom. The molecule has 1 saturated heterocycles. The number of nitrogens with two attached hydrogens (primary N) is 2. The SMILES string of the molecule is CN(CCC(N)=O)S(=O)(=O)c1ccc(C(=O)N2CCC[C@H](N)C2)cc1. The van der Waals surface area contributed by atoms with E-state index in [1.807, 2.05) is 0 Å². The van der Waals surface area contributed by atoms with Crippen LogP contribution in [0.3, 0.4) is 0 Å². The van der Waals surface area contributed by atoms with Crippen molar-refractivity contribution < 1.29 is 18.0 Å². The van der Waals surface area contributed by atoms with E-state index < -0.39 is 15.9 Å². The Balaban J connectivity index is 2.10. The standard InChI is InChI=1S/C16H24N4O4S/c1-19(10-8-15(18)21)25(23,24)14-6-4-12(5-7-14)16(22)20-9-2-3-13(17)11-20/h4-7,13H,2-3,8-11,17H2,1H3,(H2,18,21)/t13-/m0/s1. The number of sulfonamides is 1. The second-order valence-corrected chi connectivity index (χ2v) is 8.27. The maximum atomic E-state index is 12.5. The number of nitrogens with zero attached hydrogens (tertiary/aromatic N) is 2. The Hall–Kier alpha value is -1.97. The Morgan fingerprint density at radius 1 is 1.28 bits per heavy atom. The lowest BCUT2D eigenvalue weighted by molar-refractivity contribution is -0.118. The summed E-state index contributed by atoms with van der Waals surface area (Å²) in [7, 11) is -2.35. The fourth-order valence-electron chi connectivity index (χ4n) is 2.71. The maximum absolute atomic E-state index is 12.5. The Morgan fingerprint density at radius 3 is 2.48 bits per heavy atom. The zero-order chi connectivity index (χ0) is 18.6. The van der Waals surface area contributed by atoms with Crippen LogP contribution in [0, 0.1) is 0 Å². The van der Waals surface area contributed by atoms with E-state index in [0.29, 0.717) is 18.7 Å². The van der Waals surface area contributed by atoms with E-state index in [1.165, 1.54) is 31.3 Å². The van der Waals surface area contributed by atoms with Crippen LogP contribution in [0.1, 0.15) is 29.6 Å². The molecule has 1 aliphatic rings. The molecule has 1 aliphatic heterocycles. The van der Waals surface area contributed by atoms with E-state index in [0.717, 1.165) is 17.1 Å². The van der Waals surface area contributed by atoms with Gasteiger partial charge < -0.3 is 16.4 Å². The molecular formula is C16H24N4O4S. The number of hydrogen-bond acceptors (Lipinski definition) is 5. The predicted octanol–water partition coefficient (Wildman–Crippen LogP) is -0.254. The smallest absolute Gasteiger partial charge is 0.253 e. The maximum Gasteiger partial charge on any atom is 0.253 e. The second-order valence-electron chi connectivity index (χ2n) is 6.22. The highest BCUT2D eigenvalue weighted by molar-refractivity contribution is 7.89. The number of carbonyl (C=O) groups is 2. The molecule has 0 spiro atoms. The van der Waals surface area contributed by atoms with Crippen LogP contribution in [0.4, 0.5) is 0 Å². The van der Waals surface area contributed by atoms with Gasteiger partial charge in [-0.3, -0.25) is 9.59 Å². The molecule has 0 aliphatic carbocycles. The third kappa shape index (κ3) is 4.77. The minimum absolute atomic E-state index is 0.00398. The number of primary amides is 1. The molecule has 138 valence electrons. The first-order valence-electron chi connectivity index (χ1n) is 8.11. The van der Waals surface area contributed by atoms with Gasteiger partial charge in [-0.05, 0) is 37.1 Å². The van der Waals surface area contributed by atoms with Crippen LogP contribution in [0.25, 0.3) is 0 Å². The molecule has 1 aromatic rings. The van der Waals surface area contributed by atoms with Gasteiger partial charge in [0.2, 0.25) is 15.9 Å². The van der Waals surface area contributed by atoms with Gasteiger partial charge in [-0.2, -0.15) is 0 Å². The van der Waals surface area contributed by atoms with Crippen molar-refractivity contribution >= 4 is 21.8 Å². The molecule has 2 amide bonds. The van der Waals surface area contributed by atoms with Crippen molar-refractivity contribution in [2.75, 3.05) is 26.7 Å². The molecule has 25 heavy (non-hydrogen) atoms. The van der Waals surface area contributed by atoms with E-state index in [4.69, 9.17) is 11.5 Å². The van der Waals surface area contributed by atoms with Crippen LogP contribution < -0.4 is 11.5 Å². The molecule has 0 unspecified atom stereocenters. The van der Waals surface area contributed by atoms with E-state index in [1.54, 1.807) is 4.90 Å². The first-order chi connectivity index (χ1) is 11.7. The van der Waals surface area contributed by atoms with Crippen molar-refractivity contribution in [3.8, 4) is 0 Å². The molecule has 0 saturated carbocycles. The molecule has 0 aromatic heterocycles. The largest absolute Gasteiger partial charge is 0.370 e. The molecule has 0 bridgehead atoms. The number of likely N-dealkylation sites (tertiary alicyclic amines) is 1. The highest BCUT2D eigenvalue weighted by atomic mass is 32.2. The highest BCUT2D eigenvalue weighted by Gasteiger charge is 2.24. The van der Waals surface area contributed by atoms with Crippen LogP contribution in [-0.2, 0) is 14.8 Å². The zero-order valence-electron chi connectivity index (χ0n) is 14.2. The number of hydrogen-bond donors (Lipinski definition) is 2. The summed E-state index contributed by atoms with van der Waals surface area (Å²) < 4.78 is 25.9. The molecule has 0 radical (unpaired) electrons. The molecular weight excluding hydrogens is 344 g/mol. The normalized spacial score (nSPS) is 18.4. The molecule has 2 rings (SSSR count). The van der Waals surface area contributed by atoms with Crippen molar-refractivity contribution in [3.05, 3.63) is 29.8 Å². The van der Waals surface area contributed by atoms with E-state index in [2.05, 4.69) is 0 Å². The number of amides is 2. The van der Waals surface area contributed by atoms with Gasteiger partial charge >= 0.3 is 0 Å². The highest BCUT2D eigenvalue weighted by Crippen LogP contribution is 2.18. The van der Waals surface area contributed by atoms with Crippen LogP contribution in [0.15, 0.2) is 29.2 Å². The fraction of sp³-hybridized carbons (Fsp3) is 0.500. The first-order valence-corrected chi connectivity index (χ1v) is 9.55. The summed E-state index contributed by atoms with van der Waals surface area (Å²) in [5, 5.41) is 0. The second kappa shape index (κ2) is 7.94. The number of carbonyl (C=O) groups excluding carboxylic acids is 2. The summed E-state index contributed by atoms with van der Waals surface area (Å²) in [4.78, 5) is 25.0. The molecule has 1 atom stereocenters. The first kappa shape index (κ1) is 19.4. The van der Waals surface area contributed by atoms with Crippen molar-refractivity contribution in [1.29, 1.82) is 0 Å². The van der Waals surface area contributed by atoms with Crippen molar-refractivity contribution in [2.24, 2.45) is 11.5 Å². The van der Waals surface area contributed by atoms with Gasteiger partial charge in [0.25, 0.3) is 5.91 Å². The lowest BCUT2D eigenvalue weighted by Gasteiger charge is -2.30. The summed E-state index contributed by atoms with van der Waals surface area (Å²) in [6, 6.07) is 5.77. The fourth-order valence-corrected chi connectivity index (χ4v) is 3.89. The number of piperidine rings is 1. The van der Waals surface area contributed by atoms with Crippen LogP contribution >= 0.6 is 0 Å². The Kier molecular flexibility index (Phi) is 6.15. The van der Waals surface area contributed by atoms with E-state index in [9.17, 15) is 18.0 Å². The molecule has 1 fully saturated rings. The third-order valence-corrected chi connectivity index (χ3v) is 6.10. The molecule has 8 nitrogen and oxygen atoms in total. The third-order valence-electron chi connectivity index (χ3n) is 4.23. The van der Waals surface area contributed by atoms with Crippen LogP contribution in [-0.4, -0.2) is 62.2 Å². The van der Waals surface area contributed by atoms with Gasteiger partial charge in [0.1, 0.15) is 0 Å². The molecule has 9 heteroatoms. The van der Waals surface area contributed by atoms with Gasteiger partial charge in [0, 0.05) is 44.7 Å². The summed E-state index contributed by atoms with van der Waals surface area (Å²) in [6.45, 7) is 1.17. The molecule has 1 heterocycles. The van der Waals surface area contributed by atoms with Crippen LogP contribution in [0.2, 0.25) is 0 Å². The van der Waals surface area contributed by atoms with Crippen molar-refractivity contribution in [1.82, 2.24) is 9.21 Å². The predicted molar refractivity (Wildman–Crippen MR) is 93.2 cm³/mol. The minimum atomic E-state index is -3.73. The van der Waals surface area contributed by atoms with Gasteiger partial charge in [0.05, 0.1) is 4.90 Å². The number of rotatable bonds is 6. The Bertz CT molecular complexity index is 733. The summed E-state index contributed by atoms with van der Waals surface area (Å²) >= 11 is 0. The van der Waals surface area contributed by atoms with Gasteiger partial charge in [-0.1, -0.05) is 0 Å². The van der Waals surface area contributed by atoms with Gasteiger partial charge in [0.15, 0.2) is 0 Å². The van der Waals surface area contributed by atoms with Crippen LogP contribution in [0.5, 0.6) is 0 Å². The van der Waals surface area contributed by atoms with E-state index in [-0.39, 0.29) is 29.8 Å². The zero-order valence-corrected chi connectivity index (χ0v) is 15.0. The lowest BCUT2D eigenvalue weighted by Crippen LogP contribution is -2.45.